The lowest BCUT2D eigenvalue weighted by atomic mass is 10.1. The van der Waals surface area contributed by atoms with Crippen LogP contribution < -0.4 is 21.3 Å². The van der Waals surface area contributed by atoms with Crippen molar-refractivity contribution in [3.8, 4) is 0 Å². The van der Waals surface area contributed by atoms with Crippen molar-refractivity contribution in [2.75, 3.05) is 23.7 Å². The topological polar surface area (TPSA) is 99.2 Å². The summed E-state index contributed by atoms with van der Waals surface area (Å²) < 4.78 is 0. The molecule has 0 bridgehead atoms. The Hall–Kier alpha value is -2.76. The van der Waals surface area contributed by atoms with Crippen LogP contribution in [0.1, 0.15) is 67.3 Å². The van der Waals surface area contributed by atoms with Gasteiger partial charge in [-0.1, -0.05) is 49.3 Å². The number of anilines is 2. The zero-order valence-corrected chi connectivity index (χ0v) is 21.8. The molecule has 2 atom stereocenters. The van der Waals surface area contributed by atoms with Crippen LogP contribution in [0.4, 0.5) is 11.8 Å². The number of benzene rings is 1. The molecule has 2 aromatic rings. The fraction of sp³-hybridized carbons (Fsp3) is 0.444. The number of carbonyl (C=O) groups is 1. The largest absolute Gasteiger partial charge is 0.393 e. The van der Waals surface area contributed by atoms with Crippen molar-refractivity contribution in [3.63, 3.8) is 0 Å². The van der Waals surface area contributed by atoms with E-state index in [4.69, 9.17) is 0 Å². The minimum atomic E-state index is -0.404. The van der Waals surface area contributed by atoms with Gasteiger partial charge in [0.25, 0.3) is 5.91 Å². The van der Waals surface area contributed by atoms with Crippen molar-refractivity contribution >= 4 is 32.2 Å². The summed E-state index contributed by atoms with van der Waals surface area (Å²) in [7, 11) is 2.65. The highest BCUT2D eigenvalue weighted by atomic mass is 31.0. The highest BCUT2D eigenvalue weighted by Crippen LogP contribution is 2.16. The molecule has 35 heavy (non-hydrogen) atoms. The van der Waals surface area contributed by atoms with Crippen LogP contribution in [0.5, 0.6) is 0 Å². The number of aromatic nitrogens is 2. The van der Waals surface area contributed by atoms with Gasteiger partial charge in [-0.05, 0) is 49.4 Å². The van der Waals surface area contributed by atoms with Gasteiger partial charge in [-0.2, -0.15) is 4.98 Å². The first-order chi connectivity index (χ1) is 17.0. The molecule has 2 unspecified atom stereocenters. The van der Waals surface area contributed by atoms with Gasteiger partial charge in [0.1, 0.15) is 11.4 Å². The van der Waals surface area contributed by atoms with Crippen molar-refractivity contribution in [2.24, 2.45) is 0 Å². The van der Waals surface area contributed by atoms with E-state index in [1.165, 1.54) is 12.8 Å². The molecule has 1 amide bonds. The molecule has 0 spiro atoms. The van der Waals surface area contributed by atoms with E-state index in [1.54, 1.807) is 12.3 Å². The second-order valence-electron chi connectivity index (χ2n) is 8.55. The summed E-state index contributed by atoms with van der Waals surface area (Å²) in [6, 6.07) is 7.94. The number of hydrogen-bond acceptors (Lipinski definition) is 6. The molecule has 0 aliphatic rings. The number of allylic oxidation sites excluding steroid dienone is 1. The van der Waals surface area contributed by atoms with Crippen LogP contribution in [-0.2, 0) is 6.54 Å². The van der Waals surface area contributed by atoms with Gasteiger partial charge in [-0.3, -0.25) is 4.79 Å². The summed E-state index contributed by atoms with van der Waals surface area (Å²) in [5, 5.41) is 20.5. The fourth-order valence-electron chi connectivity index (χ4n) is 3.50. The zero-order chi connectivity index (χ0) is 25.3. The van der Waals surface area contributed by atoms with Gasteiger partial charge in [-0.15, -0.1) is 22.4 Å². The fourth-order valence-corrected chi connectivity index (χ4v) is 3.70. The highest BCUT2D eigenvalue weighted by molar-refractivity contribution is 7.27. The van der Waals surface area contributed by atoms with Crippen LogP contribution in [0.25, 0.3) is 0 Å². The number of rotatable bonds is 18. The Morgan fingerprint density at radius 1 is 1.03 bits per heavy atom. The van der Waals surface area contributed by atoms with Crippen molar-refractivity contribution in [1.82, 2.24) is 15.3 Å². The third kappa shape index (κ3) is 11.5. The molecule has 0 aliphatic heterocycles. The normalized spacial score (nSPS) is 11.5. The summed E-state index contributed by atoms with van der Waals surface area (Å²) >= 11 is 0. The molecular weight excluding hydrogens is 457 g/mol. The lowest BCUT2D eigenvalue weighted by Crippen LogP contribution is -2.25. The van der Waals surface area contributed by atoms with Crippen LogP contribution in [0.3, 0.4) is 0 Å². The van der Waals surface area contributed by atoms with E-state index >= 15 is 0 Å². The number of aliphatic hydroxyl groups excluding tert-OH is 1. The van der Waals surface area contributed by atoms with E-state index in [1.807, 2.05) is 30.3 Å². The van der Waals surface area contributed by atoms with Crippen LogP contribution >= 0.6 is 9.24 Å². The van der Waals surface area contributed by atoms with E-state index in [9.17, 15) is 9.90 Å². The summed E-state index contributed by atoms with van der Waals surface area (Å²) in [6.07, 6.45) is 12.4. The number of amides is 1. The third-order valence-corrected chi connectivity index (χ3v) is 5.91. The SMILES string of the molecule is C=CCCCCCCNc1ncc(C(=O)NCc2ccc(P)cc2)c(NCCCC(O)CC=C)n1. The van der Waals surface area contributed by atoms with Gasteiger partial charge >= 0.3 is 0 Å². The smallest absolute Gasteiger partial charge is 0.256 e. The lowest BCUT2D eigenvalue weighted by molar-refractivity contribution is 0.0951. The van der Waals surface area contributed by atoms with Crippen LogP contribution in [-0.4, -0.2) is 40.2 Å². The molecule has 1 aromatic carbocycles. The first-order valence-electron chi connectivity index (χ1n) is 12.4. The molecule has 0 radical (unpaired) electrons. The van der Waals surface area contributed by atoms with Gasteiger partial charge in [0.05, 0.1) is 6.10 Å². The van der Waals surface area contributed by atoms with Crippen LogP contribution in [0.15, 0.2) is 55.8 Å². The standard InChI is InChI=1S/C27H40N5O2P/c1-3-5-6-7-8-9-17-29-27-31-20-24(25(32-27)28-18-10-12-22(33)11-4-2)26(34)30-19-21-13-15-23(35)16-14-21/h3-4,13-16,20,22,33H,1-2,5-12,17-19,35H2,(H,30,34)(H2,28,29,31,32). The van der Waals surface area contributed by atoms with E-state index in [-0.39, 0.29) is 5.91 Å². The first-order valence-corrected chi connectivity index (χ1v) is 13.0. The van der Waals surface area contributed by atoms with E-state index in [0.717, 1.165) is 43.1 Å². The molecule has 8 heteroatoms. The monoisotopic (exact) mass is 497 g/mol. The summed E-state index contributed by atoms with van der Waals surface area (Å²) in [6.45, 7) is 9.20. The van der Waals surface area contributed by atoms with Gasteiger partial charge in [0, 0.05) is 25.8 Å². The molecule has 0 saturated carbocycles. The van der Waals surface area contributed by atoms with E-state index < -0.39 is 6.10 Å². The predicted molar refractivity (Wildman–Crippen MR) is 149 cm³/mol. The predicted octanol–water partition coefficient (Wildman–Crippen LogP) is 4.58. The first kappa shape index (κ1) is 28.5. The third-order valence-electron chi connectivity index (χ3n) is 5.53. The Morgan fingerprint density at radius 3 is 2.51 bits per heavy atom. The summed E-state index contributed by atoms with van der Waals surface area (Å²) in [4.78, 5) is 21.9. The lowest BCUT2D eigenvalue weighted by Gasteiger charge is -2.14. The van der Waals surface area contributed by atoms with Gasteiger partial charge in [0.2, 0.25) is 5.95 Å². The number of carbonyl (C=O) groups excluding carboxylic acids is 1. The number of nitrogens with one attached hydrogen (secondary N) is 3. The van der Waals surface area contributed by atoms with Crippen molar-refractivity contribution in [2.45, 2.75) is 64.0 Å². The minimum Gasteiger partial charge on any atom is -0.393 e. The molecule has 2 rings (SSSR count). The number of aliphatic hydroxyl groups is 1. The van der Waals surface area contributed by atoms with Crippen molar-refractivity contribution in [1.29, 1.82) is 0 Å². The average molecular weight is 498 g/mol. The number of nitrogens with zero attached hydrogens (tertiary/aromatic N) is 2. The second-order valence-corrected chi connectivity index (χ2v) is 9.21. The highest BCUT2D eigenvalue weighted by Gasteiger charge is 2.15. The van der Waals surface area contributed by atoms with Gasteiger partial charge < -0.3 is 21.1 Å². The Bertz CT molecular complexity index is 920. The second kappa shape index (κ2) is 16.8. The quantitative estimate of drug-likeness (QED) is 0.137. The maximum Gasteiger partial charge on any atom is 0.256 e. The van der Waals surface area contributed by atoms with Crippen LogP contribution in [0, 0.1) is 0 Å². The summed E-state index contributed by atoms with van der Waals surface area (Å²) in [5.74, 6) is 0.755. The molecule has 4 N–H and O–H groups in total. The zero-order valence-electron chi connectivity index (χ0n) is 20.6. The molecule has 7 nitrogen and oxygen atoms in total. The molecular formula is C27H40N5O2P. The Balaban J connectivity index is 1.96. The molecule has 1 aromatic heterocycles. The average Bonchev–Trinajstić information content (AvgIpc) is 2.86. The molecule has 0 saturated heterocycles. The Morgan fingerprint density at radius 2 is 1.77 bits per heavy atom. The Kier molecular flexibility index (Phi) is 13.7. The van der Waals surface area contributed by atoms with Crippen molar-refractivity contribution in [3.05, 3.63) is 66.9 Å². The maximum atomic E-state index is 12.9. The van der Waals surface area contributed by atoms with Gasteiger partial charge in [0.15, 0.2) is 0 Å². The van der Waals surface area contributed by atoms with E-state index in [2.05, 4.69) is 48.3 Å². The summed E-state index contributed by atoms with van der Waals surface area (Å²) in [5.41, 5.74) is 1.41. The maximum absolute atomic E-state index is 12.9. The number of unbranched alkanes of at least 4 members (excludes halogenated alkanes) is 4. The number of hydrogen-bond donors (Lipinski definition) is 4. The molecule has 0 fully saturated rings. The molecule has 190 valence electrons. The Labute approximate surface area is 212 Å². The van der Waals surface area contributed by atoms with Gasteiger partial charge in [-0.25, -0.2) is 4.98 Å². The molecule has 1 heterocycles. The minimum absolute atomic E-state index is 0.233. The van der Waals surface area contributed by atoms with Crippen molar-refractivity contribution < 1.29 is 9.90 Å². The van der Waals surface area contributed by atoms with E-state index in [0.29, 0.717) is 43.3 Å². The molecule has 0 aliphatic carbocycles. The van der Waals surface area contributed by atoms with Crippen LogP contribution in [0.2, 0.25) is 0 Å².